The van der Waals surface area contributed by atoms with E-state index in [0.29, 0.717) is 6.04 Å². The van der Waals surface area contributed by atoms with Crippen LogP contribution in [0.2, 0.25) is 0 Å². The van der Waals surface area contributed by atoms with E-state index in [1.807, 2.05) is 25.1 Å². The van der Waals surface area contributed by atoms with Crippen LogP contribution < -0.4 is 5.32 Å². The van der Waals surface area contributed by atoms with Gasteiger partial charge in [-0.2, -0.15) is 0 Å². The first-order valence-corrected chi connectivity index (χ1v) is 6.26. The molecule has 17 heavy (non-hydrogen) atoms. The fourth-order valence-electron chi connectivity index (χ4n) is 3.38. The van der Waals surface area contributed by atoms with Gasteiger partial charge in [0.2, 0.25) is 0 Å². The second-order valence-electron chi connectivity index (χ2n) is 5.25. The molecule has 2 N–H and O–H groups in total. The molecule has 0 radical (unpaired) electrons. The lowest BCUT2D eigenvalue weighted by molar-refractivity contribution is -0.140. The van der Waals surface area contributed by atoms with E-state index in [0.717, 1.165) is 36.1 Å². The van der Waals surface area contributed by atoms with Gasteiger partial charge >= 0.3 is 5.97 Å². The Kier molecular flexibility index (Phi) is 2.35. The van der Waals surface area contributed by atoms with Gasteiger partial charge in [0.05, 0.1) is 5.92 Å². The monoisotopic (exact) mass is 231 g/mol. The lowest BCUT2D eigenvalue weighted by Gasteiger charge is -2.35. The van der Waals surface area contributed by atoms with Crippen molar-refractivity contribution < 1.29 is 9.90 Å². The van der Waals surface area contributed by atoms with E-state index in [2.05, 4.69) is 5.32 Å². The smallest absolute Gasteiger partial charge is 0.311 e. The number of aryl methyl sites for hydroxylation is 1. The number of rotatable bonds is 1. The van der Waals surface area contributed by atoms with Gasteiger partial charge in [0, 0.05) is 11.7 Å². The van der Waals surface area contributed by atoms with Crippen molar-refractivity contribution in [2.45, 2.75) is 38.1 Å². The van der Waals surface area contributed by atoms with Gasteiger partial charge in [-0.3, -0.25) is 4.79 Å². The molecule has 3 atom stereocenters. The Morgan fingerprint density at radius 1 is 1.41 bits per heavy atom. The summed E-state index contributed by atoms with van der Waals surface area (Å²) in [6, 6.07) is 6.44. The Hall–Kier alpha value is -1.51. The molecule has 3 nitrogen and oxygen atoms in total. The molecule has 2 aliphatic rings. The average molecular weight is 231 g/mol. The summed E-state index contributed by atoms with van der Waals surface area (Å²) < 4.78 is 0. The quantitative estimate of drug-likeness (QED) is 0.781. The summed E-state index contributed by atoms with van der Waals surface area (Å²) in [4.78, 5) is 11.5. The molecule has 3 unspecified atom stereocenters. The van der Waals surface area contributed by atoms with Crippen LogP contribution in [0, 0.1) is 12.8 Å². The maximum Gasteiger partial charge on any atom is 0.311 e. The Morgan fingerprint density at radius 2 is 2.24 bits per heavy atom. The molecule has 1 aliphatic heterocycles. The average Bonchev–Trinajstić information content (AvgIpc) is 2.72. The molecule has 0 bridgehead atoms. The normalized spacial score (nSPS) is 30.3. The minimum atomic E-state index is -0.671. The molecule has 3 rings (SSSR count). The summed E-state index contributed by atoms with van der Waals surface area (Å²) in [5.41, 5.74) is 3.13. The third-order valence-corrected chi connectivity index (χ3v) is 4.15. The van der Waals surface area contributed by atoms with Gasteiger partial charge in [-0.1, -0.05) is 24.1 Å². The van der Waals surface area contributed by atoms with Crippen LogP contribution in [0.25, 0.3) is 0 Å². The van der Waals surface area contributed by atoms with Crippen molar-refractivity contribution >= 4 is 11.7 Å². The summed E-state index contributed by atoms with van der Waals surface area (Å²) >= 11 is 0. The van der Waals surface area contributed by atoms with Crippen molar-refractivity contribution in [3.8, 4) is 0 Å². The van der Waals surface area contributed by atoms with Crippen LogP contribution in [-0.4, -0.2) is 17.1 Å². The molecule has 1 aromatic carbocycles. The van der Waals surface area contributed by atoms with E-state index in [1.54, 1.807) is 0 Å². The minimum Gasteiger partial charge on any atom is -0.481 e. The molecule has 3 heteroatoms. The highest BCUT2D eigenvalue weighted by Gasteiger charge is 2.42. The molecule has 90 valence electrons. The predicted octanol–water partition coefficient (Wildman–Crippen LogP) is 2.76. The molecule has 1 heterocycles. The Bertz CT molecular complexity index is 469. The maximum atomic E-state index is 11.5. The Labute approximate surface area is 101 Å². The van der Waals surface area contributed by atoms with Crippen LogP contribution in [-0.2, 0) is 4.79 Å². The summed E-state index contributed by atoms with van der Waals surface area (Å²) in [6.07, 6.45) is 3.27. The van der Waals surface area contributed by atoms with E-state index in [-0.39, 0.29) is 11.8 Å². The van der Waals surface area contributed by atoms with Gasteiger partial charge in [-0.25, -0.2) is 0 Å². The van der Waals surface area contributed by atoms with Crippen molar-refractivity contribution in [2.75, 3.05) is 5.32 Å². The van der Waals surface area contributed by atoms with E-state index in [1.165, 1.54) is 0 Å². The third-order valence-electron chi connectivity index (χ3n) is 4.15. The lowest BCUT2D eigenvalue weighted by atomic mass is 9.78. The first-order valence-electron chi connectivity index (χ1n) is 6.26. The van der Waals surface area contributed by atoms with Gasteiger partial charge in [0.1, 0.15) is 0 Å². The largest absolute Gasteiger partial charge is 0.481 e. The molecule has 0 aromatic heterocycles. The predicted molar refractivity (Wildman–Crippen MR) is 66.3 cm³/mol. The Balaban J connectivity index is 2.10. The van der Waals surface area contributed by atoms with Crippen LogP contribution in [0.3, 0.4) is 0 Å². The summed E-state index contributed by atoms with van der Waals surface area (Å²) in [5.74, 6) is -0.726. The van der Waals surface area contributed by atoms with E-state index in [9.17, 15) is 9.90 Å². The van der Waals surface area contributed by atoms with Crippen molar-refractivity contribution in [1.82, 2.24) is 0 Å². The summed E-state index contributed by atoms with van der Waals surface area (Å²) in [6.45, 7) is 2.01. The Morgan fingerprint density at radius 3 is 3.00 bits per heavy atom. The maximum absolute atomic E-state index is 11.5. The molecule has 1 fully saturated rings. The highest BCUT2D eigenvalue weighted by Crippen LogP contribution is 2.45. The second-order valence-corrected chi connectivity index (χ2v) is 5.25. The number of fused-ring (bicyclic) bond motifs is 2. The van der Waals surface area contributed by atoms with Gasteiger partial charge < -0.3 is 10.4 Å². The zero-order valence-corrected chi connectivity index (χ0v) is 9.94. The van der Waals surface area contributed by atoms with E-state index >= 15 is 0 Å². The lowest BCUT2D eigenvalue weighted by Crippen LogP contribution is -2.37. The van der Waals surface area contributed by atoms with Crippen LogP contribution in [0.4, 0.5) is 5.69 Å². The molecular formula is C14H17NO2. The number of carboxylic acid groups (broad SMARTS) is 1. The van der Waals surface area contributed by atoms with E-state index in [4.69, 9.17) is 0 Å². The molecule has 1 aliphatic carbocycles. The first kappa shape index (κ1) is 10.6. The zero-order chi connectivity index (χ0) is 12.0. The first-order chi connectivity index (χ1) is 8.16. The number of anilines is 1. The SMILES string of the molecule is Cc1ccc2c(c1)C(C(=O)O)C1CCCC1N2. The summed E-state index contributed by atoms with van der Waals surface area (Å²) in [5, 5.41) is 13.0. The molecule has 1 aromatic rings. The fourth-order valence-corrected chi connectivity index (χ4v) is 3.38. The highest BCUT2D eigenvalue weighted by atomic mass is 16.4. The van der Waals surface area contributed by atoms with E-state index < -0.39 is 5.97 Å². The van der Waals surface area contributed by atoms with Gasteiger partial charge in [-0.15, -0.1) is 0 Å². The molecule has 0 saturated heterocycles. The number of hydrogen-bond donors (Lipinski definition) is 2. The third kappa shape index (κ3) is 1.61. The van der Waals surface area contributed by atoms with Crippen LogP contribution in [0.15, 0.2) is 18.2 Å². The number of aliphatic carboxylic acids is 1. The topological polar surface area (TPSA) is 49.3 Å². The number of hydrogen-bond acceptors (Lipinski definition) is 2. The van der Waals surface area contributed by atoms with Crippen molar-refractivity contribution in [3.63, 3.8) is 0 Å². The number of nitrogens with one attached hydrogen (secondary N) is 1. The van der Waals surface area contributed by atoms with Gasteiger partial charge in [0.25, 0.3) is 0 Å². The number of carboxylic acids is 1. The number of benzene rings is 1. The molecule has 0 amide bonds. The fraction of sp³-hybridized carbons (Fsp3) is 0.500. The number of carbonyl (C=O) groups is 1. The van der Waals surface area contributed by atoms with Crippen LogP contribution in [0.5, 0.6) is 0 Å². The highest BCUT2D eigenvalue weighted by molar-refractivity contribution is 5.81. The van der Waals surface area contributed by atoms with Gasteiger partial charge in [-0.05, 0) is 37.3 Å². The van der Waals surface area contributed by atoms with Crippen LogP contribution >= 0.6 is 0 Å². The molecular weight excluding hydrogens is 214 g/mol. The second kappa shape index (κ2) is 3.76. The summed E-state index contributed by atoms with van der Waals surface area (Å²) in [7, 11) is 0. The van der Waals surface area contributed by atoms with Crippen molar-refractivity contribution in [1.29, 1.82) is 0 Å². The standard InChI is InChI=1S/C14H17NO2/c1-8-5-6-12-10(7-8)13(14(16)17)9-3-2-4-11(9)15-12/h5-7,9,11,13,15H,2-4H2,1H3,(H,16,17). The van der Waals surface area contributed by atoms with Crippen molar-refractivity contribution in [3.05, 3.63) is 29.3 Å². The minimum absolute atomic E-state index is 0.266. The van der Waals surface area contributed by atoms with Crippen LogP contribution in [0.1, 0.15) is 36.3 Å². The van der Waals surface area contributed by atoms with Crippen molar-refractivity contribution in [2.24, 2.45) is 5.92 Å². The zero-order valence-electron chi connectivity index (χ0n) is 9.94. The molecule has 1 saturated carbocycles. The van der Waals surface area contributed by atoms with Gasteiger partial charge in [0.15, 0.2) is 0 Å². The molecule has 0 spiro atoms.